The number of likely N-dealkylation sites (N-methyl/N-ethyl adjacent to an activating group) is 1. The third kappa shape index (κ3) is 8.15. The number of nitrogens with zero attached hydrogens (tertiary/aromatic N) is 1. The van der Waals surface area contributed by atoms with Crippen LogP contribution in [0.2, 0.25) is 0 Å². The molecule has 7 heteroatoms. The average Bonchev–Trinajstić information content (AvgIpc) is 2.34. The summed E-state index contributed by atoms with van der Waals surface area (Å²) in [5.74, 6) is -1.06. The summed E-state index contributed by atoms with van der Waals surface area (Å²) in [4.78, 5) is 35.6. The molecule has 1 atom stereocenters. The fourth-order valence-corrected chi connectivity index (χ4v) is 1.50. The third-order valence-corrected chi connectivity index (χ3v) is 2.39. The Labute approximate surface area is 113 Å². The summed E-state index contributed by atoms with van der Waals surface area (Å²) in [7, 11) is 3.02. The van der Waals surface area contributed by atoms with Crippen LogP contribution < -0.4 is 10.6 Å². The van der Waals surface area contributed by atoms with Crippen molar-refractivity contribution in [2.45, 2.75) is 20.3 Å². The predicted molar refractivity (Wildman–Crippen MR) is 70.5 cm³/mol. The van der Waals surface area contributed by atoms with Gasteiger partial charge in [0.25, 0.3) is 0 Å². The van der Waals surface area contributed by atoms with Gasteiger partial charge < -0.3 is 10.1 Å². The Bertz CT molecular complexity index is 320. The smallest absolute Gasteiger partial charge is 0.321 e. The highest BCUT2D eigenvalue weighted by atomic mass is 16.5. The van der Waals surface area contributed by atoms with E-state index in [1.54, 1.807) is 18.9 Å². The Balaban J connectivity index is 3.98. The van der Waals surface area contributed by atoms with E-state index in [1.165, 1.54) is 7.11 Å². The first kappa shape index (κ1) is 17.4. The van der Waals surface area contributed by atoms with E-state index in [4.69, 9.17) is 0 Å². The number of esters is 1. The van der Waals surface area contributed by atoms with E-state index in [9.17, 15) is 14.4 Å². The number of carbonyl (C=O) groups excluding carboxylic acids is 3. The Kier molecular flexibility index (Phi) is 8.52. The minimum absolute atomic E-state index is 0.0425. The standard InChI is InChI=1S/C12H23N3O4/c1-5-6-13-12(18)14-10(16)8-15(3)7-9(2)11(17)19-4/h9H,5-8H2,1-4H3,(H2,13,14,16,18). The molecule has 0 aliphatic carbocycles. The minimum Gasteiger partial charge on any atom is -0.469 e. The van der Waals surface area contributed by atoms with Crippen LogP contribution in [0.15, 0.2) is 0 Å². The molecule has 0 rings (SSSR count). The van der Waals surface area contributed by atoms with E-state index in [2.05, 4.69) is 15.4 Å². The van der Waals surface area contributed by atoms with Gasteiger partial charge >= 0.3 is 12.0 Å². The van der Waals surface area contributed by atoms with E-state index < -0.39 is 11.9 Å². The number of urea groups is 1. The van der Waals surface area contributed by atoms with Crippen molar-refractivity contribution in [3.05, 3.63) is 0 Å². The van der Waals surface area contributed by atoms with Gasteiger partial charge in [0.2, 0.25) is 5.91 Å². The third-order valence-electron chi connectivity index (χ3n) is 2.39. The summed E-state index contributed by atoms with van der Waals surface area (Å²) in [6.07, 6.45) is 0.804. The van der Waals surface area contributed by atoms with Crippen molar-refractivity contribution < 1.29 is 19.1 Å². The number of methoxy groups -OCH3 is 1. The second-order valence-corrected chi connectivity index (χ2v) is 4.43. The maximum absolute atomic E-state index is 11.5. The van der Waals surface area contributed by atoms with Crippen LogP contribution in [0.1, 0.15) is 20.3 Å². The summed E-state index contributed by atoms with van der Waals surface area (Å²) in [6, 6.07) is -0.499. The van der Waals surface area contributed by atoms with Crippen molar-refractivity contribution in [2.75, 3.05) is 33.8 Å². The summed E-state index contributed by atoms with van der Waals surface area (Å²) in [6.45, 7) is 4.59. The lowest BCUT2D eigenvalue weighted by Crippen LogP contribution is -2.44. The van der Waals surface area contributed by atoms with Gasteiger partial charge in [-0.3, -0.25) is 19.8 Å². The molecule has 0 radical (unpaired) electrons. The van der Waals surface area contributed by atoms with Gasteiger partial charge in [-0.15, -0.1) is 0 Å². The summed E-state index contributed by atoms with van der Waals surface area (Å²) < 4.78 is 4.60. The largest absolute Gasteiger partial charge is 0.469 e. The number of hydrogen-bond donors (Lipinski definition) is 2. The summed E-state index contributed by atoms with van der Waals surface area (Å²) in [5, 5.41) is 4.76. The van der Waals surface area contributed by atoms with Gasteiger partial charge in [-0.2, -0.15) is 0 Å². The molecule has 110 valence electrons. The highest BCUT2D eigenvalue weighted by Gasteiger charge is 2.17. The lowest BCUT2D eigenvalue weighted by atomic mass is 10.2. The Morgan fingerprint density at radius 1 is 1.32 bits per heavy atom. The van der Waals surface area contributed by atoms with E-state index in [0.717, 1.165) is 6.42 Å². The van der Waals surface area contributed by atoms with Gasteiger partial charge in [0, 0.05) is 13.1 Å². The molecule has 0 aliphatic rings. The molecule has 1 unspecified atom stereocenters. The second-order valence-electron chi connectivity index (χ2n) is 4.43. The molecule has 0 heterocycles. The quantitative estimate of drug-likeness (QED) is 0.636. The van der Waals surface area contributed by atoms with Crippen molar-refractivity contribution >= 4 is 17.9 Å². The zero-order chi connectivity index (χ0) is 14.8. The molecule has 0 saturated carbocycles. The number of ether oxygens (including phenoxy) is 1. The molecule has 0 aromatic rings. The van der Waals surface area contributed by atoms with E-state index in [0.29, 0.717) is 13.1 Å². The molecule has 0 fully saturated rings. The minimum atomic E-state index is -0.499. The molecular weight excluding hydrogens is 250 g/mol. The van der Waals surface area contributed by atoms with Gasteiger partial charge in [-0.25, -0.2) is 4.79 Å². The summed E-state index contributed by atoms with van der Waals surface area (Å²) in [5.41, 5.74) is 0. The SMILES string of the molecule is CCCNC(=O)NC(=O)CN(C)CC(C)C(=O)OC. The molecule has 0 aromatic carbocycles. The average molecular weight is 273 g/mol. The molecule has 19 heavy (non-hydrogen) atoms. The van der Waals surface area contributed by atoms with E-state index >= 15 is 0 Å². The monoisotopic (exact) mass is 273 g/mol. The predicted octanol–water partition coefficient (Wildman–Crippen LogP) is -0.0369. The highest BCUT2D eigenvalue weighted by Crippen LogP contribution is 2.00. The van der Waals surface area contributed by atoms with Crippen LogP contribution in [0, 0.1) is 5.92 Å². The summed E-state index contributed by atoms with van der Waals surface area (Å²) >= 11 is 0. The molecule has 0 spiro atoms. The maximum atomic E-state index is 11.5. The Morgan fingerprint density at radius 2 is 1.95 bits per heavy atom. The number of amides is 3. The molecule has 0 aromatic heterocycles. The molecule has 3 amide bonds. The normalized spacial score (nSPS) is 11.8. The van der Waals surface area contributed by atoms with Gasteiger partial charge in [0.1, 0.15) is 0 Å². The number of rotatable bonds is 7. The molecule has 0 aliphatic heterocycles. The number of hydrogen-bond acceptors (Lipinski definition) is 5. The lowest BCUT2D eigenvalue weighted by Gasteiger charge is -2.19. The molecular formula is C12H23N3O4. The Hall–Kier alpha value is -1.63. The van der Waals surface area contributed by atoms with Crippen molar-refractivity contribution in [3.63, 3.8) is 0 Å². The first-order valence-electron chi connectivity index (χ1n) is 6.24. The molecule has 2 N–H and O–H groups in total. The van der Waals surface area contributed by atoms with Crippen LogP contribution in [0.3, 0.4) is 0 Å². The van der Waals surface area contributed by atoms with Crippen LogP contribution in [-0.2, 0) is 14.3 Å². The van der Waals surface area contributed by atoms with Crippen LogP contribution >= 0.6 is 0 Å². The fraction of sp³-hybridized carbons (Fsp3) is 0.750. The van der Waals surface area contributed by atoms with Crippen molar-refractivity contribution in [1.82, 2.24) is 15.5 Å². The zero-order valence-corrected chi connectivity index (χ0v) is 12.0. The van der Waals surface area contributed by atoms with E-state index in [-0.39, 0.29) is 18.4 Å². The van der Waals surface area contributed by atoms with E-state index in [1.807, 2.05) is 6.92 Å². The van der Waals surface area contributed by atoms with Crippen molar-refractivity contribution in [1.29, 1.82) is 0 Å². The second kappa shape index (κ2) is 9.32. The van der Waals surface area contributed by atoms with Crippen LogP contribution in [-0.4, -0.2) is 56.6 Å². The van der Waals surface area contributed by atoms with Crippen LogP contribution in [0.4, 0.5) is 4.79 Å². The first-order valence-corrected chi connectivity index (χ1v) is 6.24. The zero-order valence-electron chi connectivity index (χ0n) is 12.0. The topological polar surface area (TPSA) is 87.7 Å². The molecule has 0 saturated heterocycles. The van der Waals surface area contributed by atoms with Gasteiger partial charge in [0.05, 0.1) is 19.6 Å². The number of imide groups is 1. The van der Waals surface area contributed by atoms with Crippen LogP contribution in [0.25, 0.3) is 0 Å². The van der Waals surface area contributed by atoms with Gasteiger partial charge in [0.15, 0.2) is 0 Å². The molecule has 7 nitrogen and oxygen atoms in total. The van der Waals surface area contributed by atoms with Crippen molar-refractivity contribution in [3.8, 4) is 0 Å². The first-order chi connectivity index (χ1) is 8.90. The number of carbonyl (C=O) groups is 3. The lowest BCUT2D eigenvalue weighted by molar-refractivity contribution is -0.145. The highest BCUT2D eigenvalue weighted by molar-refractivity contribution is 5.95. The van der Waals surface area contributed by atoms with Crippen LogP contribution in [0.5, 0.6) is 0 Å². The molecule has 0 bridgehead atoms. The maximum Gasteiger partial charge on any atom is 0.321 e. The fourth-order valence-electron chi connectivity index (χ4n) is 1.50. The van der Waals surface area contributed by atoms with Gasteiger partial charge in [-0.1, -0.05) is 13.8 Å². The van der Waals surface area contributed by atoms with Crippen molar-refractivity contribution in [2.24, 2.45) is 5.92 Å². The van der Waals surface area contributed by atoms with Gasteiger partial charge in [-0.05, 0) is 13.5 Å². The number of nitrogens with one attached hydrogen (secondary N) is 2. The Morgan fingerprint density at radius 3 is 2.47 bits per heavy atom.